The quantitative estimate of drug-likeness (QED) is 0.801. The van der Waals surface area contributed by atoms with Gasteiger partial charge in [0.15, 0.2) is 0 Å². The van der Waals surface area contributed by atoms with E-state index in [0.717, 1.165) is 17.2 Å². The minimum atomic E-state index is -0.0552. The highest BCUT2D eigenvalue weighted by molar-refractivity contribution is 7.99. The molecule has 0 saturated heterocycles. The number of carbonyl (C=O) groups excluding carboxylic acids is 1. The summed E-state index contributed by atoms with van der Waals surface area (Å²) in [5.41, 5.74) is 1.89. The van der Waals surface area contributed by atoms with Crippen LogP contribution in [0.15, 0.2) is 29.4 Å². The summed E-state index contributed by atoms with van der Waals surface area (Å²) < 4.78 is 0. The van der Waals surface area contributed by atoms with E-state index in [4.69, 9.17) is 0 Å². The molecule has 1 aromatic heterocycles. The van der Waals surface area contributed by atoms with Gasteiger partial charge in [0, 0.05) is 31.4 Å². The monoisotopic (exact) mass is 317 g/mol. The number of benzene rings is 1. The molecule has 1 aliphatic rings. The molecular weight excluding hydrogens is 298 g/mol. The standard InChI is InChI=1S/C15H19N5OS/c1-20(2)12-7-5-11(6-8-12)16-13(21)9-22-15-17-14(18-19-15)10-3-4-10/h5-8,10H,3-4,9H2,1-2H3,(H,16,21)(H,17,18,19). The Hall–Kier alpha value is -2.02. The summed E-state index contributed by atoms with van der Waals surface area (Å²) in [6.45, 7) is 0. The molecule has 116 valence electrons. The Bertz CT molecular complexity index is 648. The van der Waals surface area contributed by atoms with Crippen LogP contribution < -0.4 is 10.2 Å². The van der Waals surface area contributed by atoms with Gasteiger partial charge in [-0.15, -0.1) is 5.10 Å². The van der Waals surface area contributed by atoms with Crippen molar-refractivity contribution in [3.05, 3.63) is 30.1 Å². The maximum Gasteiger partial charge on any atom is 0.234 e. The van der Waals surface area contributed by atoms with E-state index in [1.54, 1.807) is 0 Å². The number of nitrogens with one attached hydrogen (secondary N) is 2. The van der Waals surface area contributed by atoms with E-state index < -0.39 is 0 Å². The third kappa shape index (κ3) is 3.79. The Morgan fingerprint density at radius 3 is 2.73 bits per heavy atom. The molecule has 22 heavy (non-hydrogen) atoms. The van der Waals surface area contributed by atoms with E-state index in [9.17, 15) is 4.79 Å². The summed E-state index contributed by atoms with van der Waals surface area (Å²) in [4.78, 5) is 18.4. The lowest BCUT2D eigenvalue weighted by molar-refractivity contribution is -0.113. The van der Waals surface area contributed by atoms with Crippen LogP contribution in [0.5, 0.6) is 0 Å². The Morgan fingerprint density at radius 2 is 2.09 bits per heavy atom. The molecule has 2 aromatic rings. The van der Waals surface area contributed by atoms with Gasteiger partial charge >= 0.3 is 0 Å². The summed E-state index contributed by atoms with van der Waals surface area (Å²) in [6, 6.07) is 7.74. The Kier molecular flexibility index (Phi) is 4.33. The second-order valence-corrected chi connectivity index (χ2v) is 6.50. The van der Waals surface area contributed by atoms with Crippen LogP contribution in [-0.4, -0.2) is 40.9 Å². The van der Waals surface area contributed by atoms with Crippen molar-refractivity contribution in [1.29, 1.82) is 0 Å². The summed E-state index contributed by atoms with van der Waals surface area (Å²) >= 11 is 1.35. The van der Waals surface area contributed by atoms with Crippen molar-refractivity contribution >= 4 is 29.0 Å². The van der Waals surface area contributed by atoms with Gasteiger partial charge in [0.2, 0.25) is 11.1 Å². The van der Waals surface area contributed by atoms with Gasteiger partial charge in [0.05, 0.1) is 5.75 Å². The van der Waals surface area contributed by atoms with Gasteiger partial charge < -0.3 is 10.2 Å². The van der Waals surface area contributed by atoms with E-state index in [0.29, 0.717) is 16.8 Å². The molecule has 1 heterocycles. The fraction of sp³-hybridized carbons (Fsp3) is 0.400. The third-order valence-electron chi connectivity index (χ3n) is 3.45. The van der Waals surface area contributed by atoms with E-state index in [-0.39, 0.29) is 5.91 Å². The van der Waals surface area contributed by atoms with Crippen molar-refractivity contribution in [3.8, 4) is 0 Å². The van der Waals surface area contributed by atoms with E-state index >= 15 is 0 Å². The maximum absolute atomic E-state index is 11.9. The molecule has 0 spiro atoms. The van der Waals surface area contributed by atoms with Crippen molar-refractivity contribution in [2.75, 3.05) is 30.1 Å². The van der Waals surface area contributed by atoms with E-state index in [2.05, 4.69) is 20.5 Å². The fourth-order valence-corrected chi connectivity index (χ4v) is 2.64. The van der Waals surface area contributed by atoms with Crippen LogP contribution in [0.4, 0.5) is 11.4 Å². The number of amides is 1. The molecule has 6 nitrogen and oxygen atoms in total. The van der Waals surface area contributed by atoms with Crippen molar-refractivity contribution in [2.45, 2.75) is 23.9 Å². The lowest BCUT2D eigenvalue weighted by Crippen LogP contribution is -2.14. The number of aromatic nitrogens is 3. The summed E-state index contributed by atoms with van der Waals surface area (Å²) in [6.07, 6.45) is 2.37. The largest absolute Gasteiger partial charge is 0.378 e. The molecule has 7 heteroatoms. The first kappa shape index (κ1) is 14.9. The highest BCUT2D eigenvalue weighted by Gasteiger charge is 2.27. The first-order valence-corrected chi connectivity index (χ1v) is 8.23. The zero-order chi connectivity index (χ0) is 15.5. The van der Waals surface area contributed by atoms with E-state index in [1.807, 2.05) is 43.3 Å². The molecule has 1 fully saturated rings. The highest BCUT2D eigenvalue weighted by Crippen LogP contribution is 2.38. The predicted octanol–water partition coefficient (Wildman–Crippen LogP) is 2.48. The van der Waals surface area contributed by atoms with Gasteiger partial charge in [-0.25, -0.2) is 4.98 Å². The van der Waals surface area contributed by atoms with Crippen LogP contribution in [0.25, 0.3) is 0 Å². The van der Waals surface area contributed by atoms with Gasteiger partial charge in [-0.2, -0.15) is 0 Å². The van der Waals surface area contributed by atoms with Crippen molar-refractivity contribution in [1.82, 2.24) is 15.2 Å². The topological polar surface area (TPSA) is 73.9 Å². The van der Waals surface area contributed by atoms with Gasteiger partial charge in [-0.05, 0) is 37.1 Å². The van der Waals surface area contributed by atoms with Crippen molar-refractivity contribution in [3.63, 3.8) is 0 Å². The average molecular weight is 317 g/mol. The van der Waals surface area contributed by atoms with Gasteiger partial charge in [0.1, 0.15) is 5.82 Å². The fourth-order valence-electron chi connectivity index (χ4n) is 2.03. The number of nitrogens with zero attached hydrogens (tertiary/aromatic N) is 3. The molecule has 0 atom stereocenters. The lowest BCUT2D eigenvalue weighted by atomic mass is 10.2. The summed E-state index contributed by atoms with van der Waals surface area (Å²) in [5, 5.41) is 10.6. The maximum atomic E-state index is 11.9. The molecular formula is C15H19N5OS. The van der Waals surface area contributed by atoms with Crippen LogP contribution in [0.2, 0.25) is 0 Å². The second kappa shape index (κ2) is 6.39. The molecule has 1 aliphatic carbocycles. The molecule has 0 aliphatic heterocycles. The Morgan fingerprint density at radius 1 is 1.36 bits per heavy atom. The minimum Gasteiger partial charge on any atom is -0.378 e. The SMILES string of the molecule is CN(C)c1ccc(NC(=O)CSc2n[nH]c(C3CC3)n2)cc1. The summed E-state index contributed by atoms with van der Waals surface area (Å²) in [5.74, 6) is 1.74. The number of thioether (sulfide) groups is 1. The zero-order valence-electron chi connectivity index (χ0n) is 12.7. The number of anilines is 2. The zero-order valence-corrected chi connectivity index (χ0v) is 13.5. The molecule has 1 saturated carbocycles. The molecule has 1 amide bonds. The highest BCUT2D eigenvalue weighted by atomic mass is 32.2. The molecule has 0 bridgehead atoms. The Labute approximate surface area is 133 Å². The number of hydrogen-bond acceptors (Lipinski definition) is 5. The van der Waals surface area contributed by atoms with Crippen LogP contribution in [0.3, 0.4) is 0 Å². The Balaban J connectivity index is 1.48. The number of hydrogen-bond donors (Lipinski definition) is 2. The molecule has 0 radical (unpaired) electrons. The number of carbonyl (C=O) groups is 1. The normalized spacial score (nSPS) is 13.9. The summed E-state index contributed by atoms with van der Waals surface area (Å²) in [7, 11) is 3.97. The van der Waals surface area contributed by atoms with Gasteiger partial charge in [-0.3, -0.25) is 9.89 Å². The van der Waals surface area contributed by atoms with Crippen molar-refractivity contribution in [2.24, 2.45) is 0 Å². The molecule has 1 aromatic carbocycles. The number of H-pyrrole nitrogens is 1. The van der Waals surface area contributed by atoms with Gasteiger partial charge in [-0.1, -0.05) is 11.8 Å². The number of rotatable bonds is 6. The smallest absolute Gasteiger partial charge is 0.234 e. The van der Waals surface area contributed by atoms with E-state index in [1.165, 1.54) is 24.6 Å². The second-order valence-electron chi connectivity index (χ2n) is 5.56. The van der Waals surface area contributed by atoms with Crippen LogP contribution in [0.1, 0.15) is 24.6 Å². The first-order valence-electron chi connectivity index (χ1n) is 7.24. The van der Waals surface area contributed by atoms with Crippen LogP contribution in [-0.2, 0) is 4.79 Å². The van der Waals surface area contributed by atoms with Crippen molar-refractivity contribution < 1.29 is 4.79 Å². The third-order valence-corrected chi connectivity index (χ3v) is 4.29. The average Bonchev–Trinajstić information content (AvgIpc) is 3.25. The molecule has 3 rings (SSSR count). The van der Waals surface area contributed by atoms with Crippen LogP contribution >= 0.6 is 11.8 Å². The van der Waals surface area contributed by atoms with Gasteiger partial charge in [0.25, 0.3) is 0 Å². The molecule has 2 N–H and O–H groups in total. The number of aromatic amines is 1. The molecule has 0 unspecified atom stereocenters. The lowest BCUT2D eigenvalue weighted by Gasteiger charge is -2.12. The minimum absolute atomic E-state index is 0.0552. The first-order chi connectivity index (χ1) is 10.6. The predicted molar refractivity (Wildman–Crippen MR) is 88.5 cm³/mol. The van der Waals surface area contributed by atoms with Crippen LogP contribution in [0, 0.1) is 0 Å².